The van der Waals surface area contributed by atoms with Crippen LogP contribution in [0.4, 0.5) is 17.6 Å². The Morgan fingerprint density at radius 1 is 1.10 bits per heavy atom. The number of aliphatic hydroxyl groups is 1. The monoisotopic (exact) mass is 417 g/mol. The predicted molar refractivity (Wildman–Crippen MR) is 106 cm³/mol. The second-order valence-corrected chi connectivity index (χ2v) is 7.93. The van der Waals surface area contributed by atoms with E-state index in [4.69, 9.17) is 0 Å². The van der Waals surface area contributed by atoms with Crippen LogP contribution < -0.4 is 5.43 Å². The molecule has 1 aliphatic carbocycles. The van der Waals surface area contributed by atoms with Gasteiger partial charge in [0.05, 0.1) is 11.6 Å². The minimum atomic E-state index is -4.97. The average molecular weight is 417 g/mol. The van der Waals surface area contributed by atoms with Crippen LogP contribution in [0, 0.1) is 5.82 Å². The summed E-state index contributed by atoms with van der Waals surface area (Å²) in [7, 11) is 0. The molecular weight excluding hydrogens is 398 g/mol. The van der Waals surface area contributed by atoms with Crippen molar-refractivity contribution in [2.24, 2.45) is 0 Å². The lowest BCUT2D eigenvalue weighted by molar-refractivity contribution is -0.278. The summed E-state index contributed by atoms with van der Waals surface area (Å²) in [5.41, 5.74) is -4.07. The van der Waals surface area contributed by atoms with E-state index in [-0.39, 0.29) is 16.3 Å². The quantitative estimate of drug-likeness (QED) is 0.476. The smallest absolute Gasteiger partial charge is 0.379 e. The third-order valence-corrected chi connectivity index (χ3v) is 5.88. The predicted octanol–water partition coefficient (Wildman–Crippen LogP) is 4.89. The van der Waals surface area contributed by atoms with Gasteiger partial charge in [-0.3, -0.25) is 4.79 Å². The van der Waals surface area contributed by atoms with Gasteiger partial charge in [-0.15, -0.1) is 0 Å². The van der Waals surface area contributed by atoms with Gasteiger partial charge in [-0.2, -0.15) is 13.2 Å². The van der Waals surface area contributed by atoms with Gasteiger partial charge in [0.2, 0.25) is 0 Å². The van der Waals surface area contributed by atoms with Gasteiger partial charge in [-0.1, -0.05) is 43.3 Å². The van der Waals surface area contributed by atoms with Crippen molar-refractivity contribution in [3.8, 4) is 0 Å². The fraction of sp³-hybridized carbons (Fsp3) is 0.261. The average Bonchev–Trinajstić information content (AvgIpc) is 2.69. The first-order valence-corrected chi connectivity index (χ1v) is 9.40. The van der Waals surface area contributed by atoms with E-state index >= 15 is 0 Å². The molecule has 3 aromatic rings. The number of nitrogens with zero attached hydrogens (tertiary/aromatic N) is 1. The summed E-state index contributed by atoms with van der Waals surface area (Å²) < 4.78 is 57.7. The van der Waals surface area contributed by atoms with Crippen LogP contribution in [0.15, 0.2) is 77.7 Å². The summed E-state index contributed by atoms with van der Waals surface area (Å²) >= 11 is 0. The molecule has 156 valence electrons. The van der Waals surface area contributed by atoms with Crippen molar-refractivity contribution in [3.05, 3.63) is 94.6 Å². The van der Waals surface area contributed by atoms with E-state index < -0.39 is 35.5 Å². The fourth-order valence-corrected chi connectivity index (χ4v) is 4.29. The van der Waals surface area contributed by atoms with E-state index in [0.29, 0.717) is 5.56 Å². The van der Waals surface area contributed by atoms with Crippen molar-refractivity contribution in [3.63, 3.8) is 0 Å². The summed E-state index contributed by atoms with van der Waals surface area (Å²) in [6.45, 7) is 1.54. The number of pyridine rings is 1. The van der Waals surface area contributed by atoms with Crippen molar-refractivity contribution >= 4 is 10.9 Å². The Morgan fingerprint density at radius 2 is 1.83 bits per heavy atom. The number of rotatable bonds is 2. The van der Waals surface area contributed by atoms with Crippen molar-refractivity contribution in [2.45, 2.75) is 36.6 Å². The molecule has 30 heavy (non-hydrogen) atoms. The van der Waals surface area contributed by atoms with Crippen molar-refractivity contribution in [1.82, 2.24) is 4.57 Å². The van der Waals surface area contributed by atoms with Gasteiger partial charge in [0, 0.05) is 29.5 Å². The zero-order valence-electron chi connectivity index (χ0n) is 16.0. The molecule has 0 spiro atoms. The molecule has 3 atom stereocenters. The highest BCUT2D eigenvalue weighted by atomic mass is 19.4. The molecule has 1 aliphatic rings. The highest BCUT2D eigenvalue weighted by Crippen LogP contribution is 2.51. The summed E-state index contributed by atoms with van der Waals surface area (Å²) in [4.78, 5) is 12.1. The summed E-state index contributed by atoms with van der Waals surface area (Å²) in [6.07, 6.45) is -1.55. The number of alkyl halides is 3. The molecule has 1 N–H and O–H groups in total. The van der Waals surface area contributed by atoms with Crippen LogP contribution in [0.3, 0.4) is 0 Å². The summed E-state index contributed by atoms with van der Waals surface area (Å²) in [5, 5.41) is 11.3. The van der Waals surface area contributed by atoms with E-state index in [1.807, 2.05) is 0 Å². The van der Waals surface area contributed by atoms with Crippen LogP contribution in [-0.4, -0.2) is 21.5 Å². The van der Waals surface area contributed by atoms with E-state index in [1.165, 1.54) is 54.1 Å². The number of allylic oxidation sites excluding steroid dienone is 1. The van der Waals surface area contributed by atoms with Crippen LogP contribution in [-0.2, 0) is 5.41 Å². The third kappa shape index (κ3) is 3.13. The highest BCUT2D eigenvalue weighted by molar-refractivity contribution is 5.79. The Kier molecular flexibility index (Phi) is 4.62. The molecule has 3 unspecified atom stereocenters. The normalized spacial score (nSPS) is 26.8. The first kappa shape index (κ1) is 20.3. The molecule has 0 bridgehead atoms. The van der Waals surface area contributed by atoms with E-state index in [1.54, 1.807) is 30.3 Å². The molecule has 4 rings (SSSR count). The molecule has 7 heteroatoms. The number of hydrogen-bond donors (Lipinski definition) is 1. The molecule has 0 aliphatic heterocycles. The van der Waals surface area contributed by atoms with Crippen LogP contribution in [0.2, 0.25) is 0 Å². The van der Waals surface area contributed by atoms with Gasteiger partial charge in [0.1, 0.15) is 5.82 Å². The summed E-state index contributed by atoms with van der Waals surface area (Å²) in [5.74, 6) is -0.564. The maximum absolute atomic E-state index is 14.2. The van der Waals surface area contributed by atoms with Gasteiger partial charge in [0.25, 0.3) is 0 Å². The second-order valence-electron chi connectivity index (χ2n) is 7.93. The first-order valence-electron chi connectivity index (χ1n) is 9.40. The molecule has 2 aromatic carbocycles. The number of aromatic nitrogens is 1. The Labute approximate surface area is 169 Å². The van der Waals surface area contributed by atoms with E-state index in [9.17, 15) is 27.5 Å². The number of benzene rings is 2. The summed E-state index contributed by atoms with van der Waals surface area (Å²) in [6, 6.07) is 11.4. The molecule has 0 saturated carbocycles. The molecule has 1 aromatic heterocycles. The largest absolute Gasteiger partial charge is 0.419 e. The number of hydrogen-bond acceptors (Lipinski definition) is 2. The lowest BCUT2D eigenvalue weighted by Gasteiger charge is -2.46. The minimum Gasteiger partial charge on any atom is -0.379 e. The van der Waals surface area contributed by atoms with Crippen molar-refractivity contribution in [1.29, 1.82) is 0 Å². The molecule has 0 amide bonds. The van der Waals surface area contributed by atoms with E-state index in [2.05, 4.69) is 0 Å². The SMILES string of the molecule is CC1(c2cccc(F)c2)C=CC(n2ccc(=O)c3ccccc32)C(O)(C(F)(F)F)C1. The zero-order chi connectivity index (χ0) is 21.7. The second kappa shape index (κ2) is 6.80. The van der Waals surface area contributed by atoms with Crippen LogP contribution in [0.25, 0.3) is 10.9 Å². The maximum Gasteiger partial charge on any atom is 0.419 e. The standard InChI is InChI=1S/C23H19F4NO2/c1-21(15-5-4-6-16(24)13-15)11-9-20(22(30,14-21)23(25,26)27)28-12-10-19(29)17-7-2-3-8-18(17)28/h2-13,20,30H,14H2,1H3. The van der Waals surface area contributed by atoms with Gasteiger partial charge >= 0.3 is 6.18 Å². The fourth-order valence-electron chi connectivity index (χ4n) is 4.29. The van der Waals surface area contributed by atoms with Crippen LogP contribution in [0.1, 0.15) is 24.9 Å². The Morgan fingerprint density at radius 3 is 2.53 bits per heavy atom. The van der Waals surface area contributed by atoms with Gasteiger partial charge in [-0.25, -0.2) is 4.39 Å². The number of halogens is 4. The van der Waals surface area contributed by atoms with Gasteiger partial charge in [0.15, 0.2) is 11.0 Å². The van der Waals surface area contributed by atoms with Gasteiger partial charge in [-0.05, 0) is 29.8 Å². The highest BCUT2D eigenvalue weighted by Gasteiger charge is 2.62. The number of fused-ring (bicyclic) bond motifs is 1. The van der Waals surface area contributed by atoms with Crippen molar-refractivity contribution in [2.75, 3.05) is 0 Å². The maximum atomic E-state index is 14.2. The molecule has 1 heterocycles. The van der Waals surface area contributed by atoms with Crippen LogP contribution >= 0.6 is 0 Å². The minimum absolute atomic E-state index is 0.261. The molecule has 0 fully saturated rings. The van der Waals surface area contributed by atoms with Crippen LogP contribution in [0.5, 0.6) is 0 Å². The van der Waals surface area contributed by atoms with E-state index in [0.717, 1.165) is 0 Å². The first-order chi connectivity index (χ1) is 14.1. The topological polar surface area (TPSA) is 42.2 Å². The lowest BCUT2D eigenvalue weighted by Crippen LogP contribution is -2.56. The Bertz CT molecular complexity index is 1200. The Hall–Kier alpha value is -2.93. The van der Waals surface area contributed by atoms with Gasteiger partial charge < -0.3 is 9.67 Å². The molecule has 3 nitrogen and oxygen atoms in total. The Balaban J connectivity index is 1.93. The molecule has 0 saturated heterocycles. The van der Waals surface area contributed by atoms with Crippen molar-refractivity contribution < 1.29 is 22.7 Å². The molecule has 0 radical (unpaired) electrons. The third-order valence-electron chi connectivity index (χ3n) is 5.88. The zero-order valence-corrected chi connectivity index (χ0v) is 16.0. The molecular formula is C23H19F4NO2. The lowest BCUT2D eigenvalue weighted by atomic mass is 9.67. The number of para-hydroxylation sites is 1.